The summed E-state index contributed by atoms with van der Waals surface area (Å²) in [5.74, 6) is 1.00. The Balaban J connectivity index is 2.49. The molecule has 0 bridgehead atoms. The molecule has 0 amide bonds. The second-order valence-electron chi connectivity index (χ2n) is 4.63. The molecule has 1 rings (SSSR count). The predicted molar refractivity (Wildman–Crippen MR) is 73.6 cm³/mol. The van der Waals surface area contributed by atoms with Gasteiger partial charge in [0.1, 0.15) is 11.9 Å². The van der Waals surface area contributed by atoms with Crippen molar-refractivity contribution in [3.8, 4) is 5.75 Å². The van der Waals surface area contributed by atoms with Crippen LogP contribution in [0.2, 0.25) is 0 Å². The Morgan fingerprint density at radius 3 is 2.47 bits per heavy atom. The van der Waals surface area contributed by atoms with E-state index in [-0.39, 0.29) is 6.10 Å². The summed E-state index contributed by atoms with van der Waals surface area (Å²) in [4.78, 5) is 0. The zero-order valence-electron chi connectivity index (χ0n) is 11.5. The van der Waals surface area contributed by atoms with Crippen LogP contribution < -0.4 is 10.1 Å². The number of ether oxygens (including phenoxy) is 1. The molecule has 0 radical (unpaired) electrons. The molecule has 0 saturated heterocycles. The van der Waals surface area contributed by atoms with Gasteiger partial charge in [0, 0.05) is 12.6 Å². The molecule has 2 nitrogen and oxygen atoms in total. The maximum Gasteiger partial charge on any atom is 0.122 e. The summed E-state index contributed by atoms with van der Waals surface area (Å²) in [7, 11) is 0. The van der Waals surface area contributed by atoms with E-state index < -0.39 is 0 Å². The van der Waals surface area contributed by atoms with Crippen LogP contribution in [0.4, 0.5) is 0 Å². The maximum absolute atomic E-state index is 6.03. The third kappa shape index (κ3) is 4.78. The van der Waals surface area contributed by atoms with Gasteiger partial charge in [-0.1, -0.05) is 32.0 Å². The van der Waals surface area contributed by atoms with Crippen LogP contribution in [-0.4, -0.2) is 18.7 Å². The fourth-order valence-electron chi connectivity index (χ4n) is 1.61. The molecule has 0 fully saturated rings. The van der Waals surface area contributed by atoms with E-state index in [0.29, 0.717) is 6.04 Å². The van der Waals surface area contributed by atoms with Crippen LogP contribution in [-0.2, 0) is 0 Å². The minimum absolute atomic E-state index is 0.255. The topological polar surface area (TPSA) is 21.3 Å². The molecule has 0 aromatic heterocycles. The van der Waals surface area contributed by atoms with E-state index >= 15 is 0 Å². The number of hydrogen-bond acceptors (Lipinski definition) is 2. The van der Waals surface area contributed by atoms with Gasteiger partial charge in [0.05, 0.1) is 0 Å². The van der Waals surface area contributed by atoms with Crippen molar-refractivity contribution in [2.45, 2.75) is 52.7 Å². The van der Waals surface area contributed by atoms with Crippen molar-refractivity contribution in [3.05, 3.63) is 29.8 Å². The van der Waals surface area contributed by atoms with Crippen LogP contribution in [0.25, 0.3) is 0 Å². The molecule has 0 unspecified atom stereocenters. The van der Waals surface area contributed by atoms with Crippen LogP contribution in [0, 0.1) is 6.92 Å². The zero-order chi connectivity index (χ0) is 12.7. The number of nitrogens with one attached hydrogen (secondary N) is 1. The highest BCUT2D eigenvalue weighted by atomic mass is 16.5. The molecule has 2 heteroatoms. The number of aryl methyl sites for hydroxylation is 1. The molecule has 0 aliphatic rings. The second kappa shape index (κ2) is 7.33. The van der Waals surface area contributed by atoms with Gasteiger partial charge in [-0.2, -0.15) is 0 Å². The first-order valence-corrected chi connectivity index (χ1v) is 6.63. The Morgan fingerprint density at radius 1 is 1.18 bits per heavy atom. The molecule has 0 saturated carbocycles. The van der Waals surface area contributed by atoms with E-state index in [2.05, 4.69) is 39.1 Å². The minimum Gasteiger partial charge on any atom is -0.489 e. The first-order chi connectivity index (χ1) is 8.17. The maximum atomic E-state index is 6.03. The molecule has 0 heterocycles. The first kappa shape index (κ1) is 14.0. The largest absolute Gasteiger partial charge is 0.489 e. The number of rotatable bonds is 7. The van der Waals surface area contributed by atoms with Gasteiger partial charge in [-0.3, -0.25) is 0 Å². The van der Waals surface area contributed by atoms with Crippen LogP contribution in [0.1, 0.15) is 39.2 Å². The first-order valence-electron chi connectivity index (χ1n) is 6.63. The van der Waals surface area contributed by atoms with E-state index in [1.807, 2.05) is 18.2 Å². The molecule has 0 aliphatic heterocycles. The second-order valence-corrected chi connectivity index (χ2v) is 4.63. The van der Waals surface area contributed by atoms with Crippen molar-refractivity contribution in [3.63, 3.8) is 0 Å². The quantitative estimate of drug-likeness (QED) is 0.780. The minimum atomic E-state index is 0.255. The van der Waals surface area contributed by atoms with Crippen molar-refractivity contribution in [2.75, 3.05) is 6.54 Å². The highest BCUT2D eigenvalue weighted by molar-refractivity contribution is 5.31. The van der Waals surface area contributed by atoms with Crippen molar-refractivity contribution in [1.82, 2.24) is 5.32 Å². The smallest absolute Gasteiger partial charge is 0.122 e. The number of benzene rings is 1. The summed E-state index contributed by atoms with van der Waals surface area (Å²) in [6, 6.07) is 8.76. The highest BCUT2D eigenvalue weighted by Gasteiger charge is 2.10. The van der Waals surface area contributed by atoms with Gasteiger partial charge in [0.2, 0.25) is 0 Å². The molecule has 1 N–H and O–H groups in total. The fourth-order valence-corrected chi connectivity index (χ4v) is 1.61. The summed E-state index contributed by atoms with van der Waals surface area (Å²) in [6.45, 7) is 9.58. The molecule has 96 valence electrons. The predicted octanol–water partition coefficient (Wildman–Crippen LogP) is 3.54. The van der Waals surface area contributed by atoms with E-state index in [1.165, 1.54) is 5.56 Å². The summed E-state index contributed by atoms with van der Waals surface area (Å²) < 4.78 is 6.03. The van der Waals surface area contributed by atoms with Gasteiger partial charge in [-0.25, -0.2) is 0 Å². The normalized spacial score (nSPS) is 14.4. The van der Waals surface area contributed by atoms with Crippen LogP contribution >= 0.6 is 0 Å². The van der Waals surface area contributed by atoms with Gasteiger partial charge in [0.15, 0.2) is 0 Å². The molecular formula is C15H25NO. The van der Waals surface area contributed by atoms with Gasteiger partial charge in [-0.05, 0) is 38.3 Å². The highest BCUT2D eigenvalue weighted by Crippen LogP contribution is 2.18. The average molecular weight is 235 g/mol. The zero-order valence-corrected chi connectivity index (χ0v) is 11.5. The van der Waals surface area contributed by atoms with Crippen molar-refractivity contribution < 1.29 is 4.74 Å². The van der Waals surface area contributed by atoms with E-state index in [4.69, 9.17) is 4.74 Å². The molecule has 1 aromatic rings. The molecule has 0 spiro atoms. The van der Waals surface area contributed by atoms with E-state index in [1.54, 1.807) is 0 Å². The number of hydrogen-bond donors (Lipinski definition) is 1. The van der Waals surface area contributed by atoms with Crippen LogP contribution in [0.15, 0.2) is 24.3 Å². The Kier molecular flexibility index (Phi) is 6.06. The molecule has 17 heavy (non-hydrogen) atoms. The Morgan fingerprint density at radius 2 is 1.88 bits per heavy atom. The summed E-state index contributed by atoms with van der Waals surface area (Å²) in [5.41, 5.74) is 1.20. The third-order valence-electron chi connectivity index (χ3n) is 3.15. The number of para-hydroxylation sites is 1. The molecule has 1 aromatic carbocycles. The Bertz CT molecular complexity index is 324. The fraction of sp³-hybridized carbons (Fsp3) is 0.600. The van der Waals surface area contributed by atoms with Gasteiger partial charge < -0.3 is 10.1 Å². The molecule has 0 aliphatic carbocycles. The molecular weight excluding hydrogens is 210 g/mol. The van der Waals surface area contributed by atoms with Crippen molar-refractivity contribution in [1.29, 1.82) is 0 Å². The van der Waals surface area contributed by atoms with Gasteiger partial charge >= 0.3 is 0 Å². The summed E-state index contributed by atoms with van der Waals surface area (Å²) >= 11 is 0. The summed E-state index contributed by atoms with van der Waals surface area (Å²) in [5, 5.41) is 3.50. The lowest BCUT2D eigenvalue weighted by Gasteiger charge is -2.21. The van der Waals surface area contributed by atoms with Crippen molar-refractivity contribution >= 4 is 0 Å². The Labute approximate surface area is 105 Å². The van der Waals surface area contributed by atoms with E-state index in [0.717, 1.165) is 25.1 Å². The lowest BCUT2D eigenvalue weighted by Crippen LogP contribution is -2.36. The third-order valence-corrected chi connectivity index (χ3v) is 3.15. The lowest BCUT2D eigenvalue weighted by molar-refractivity contribution is 0.187. The van der Waals surface area contributed by atoms with Gasteiger partial charge in [-0.15, -0.1) is 0 Å². The average Bonchev–Trinajstić information content (AvgIpc) is 2.36. The lowest BCUT2D eigenvalue weighted by atomic mass is 10.2. The van der Waals surface area contributed by atoms with Crippen LogP contribution in [0.5, 0.6) is 5.75 Å². The Hall–Kier alpha value is -1.02. The van der Waals surface area contributed by atoms with E-state index in [9.17, 15) is 0 Å². The van der Waals surface area contributed by atoms with Crippen LogP contribution in [0.3, 0.4) is 0 Å². The monoisotopic (exact) mass is 235 g/mol. The molecule has 2 atom stereocenters. The van der Waals surface area contributed by atoms with Gasteiger partial charge in [0.25, 0.3) is 0 Å². The summed E-state index contributed by atoms with van der Waals surface area (Å²) in [6.07, 6.45) is 2.43. The standard InChI is InChI=1S/C15H25NO/c1-5-13(4)16-11-14(6-2)17-15-10-8-7-9-12(15)3/h7-10,13-14,16H,5-6,11H2,1-4H3/t13-,14-/m0/s1. The SMILES string of the molecule is CC[C@@H](CN[C@@H](C)CC)Oc1ccccc1C. The van der Waals surface area contributed by atoms with Crippen molar-refractivity contribution in [2.24, 2.45) is 0 Å².